The molecule has 4 aliphatic rings. The molecule has 6 nitrogen and oxygen atoms in total. The largest absolute Gasteiger partial charge is 0.481 e. The topological polar surface area (TPSA) is 118 Å². The number of hydrogen-bond donors (Lipinski definition) is 5. The third kappa shape index (κ3) is 3.69. The zero-order valence-corrected chi connectivity index (χ0v) is 23.3. The van der Waals surface area contributed by atoms with Crippen LogP contribution < -0.4 is 0 Å². The van der Waals surface area contributed by atoms with E-state index in [-0.39, 0.29) is 35.7 Å². The minimum absolute atomic E-state index is 0.0133. The maximum Gasteiger partial charge on any atom is 0.303 e. The highest BCUT2D eigenvalue weighted by atomic mass is 16.4. The van der Waals surface area contributed by atoms with Gasteiger partial charge in [0, 0.05) is 17.3 Å². The molecular weight excluding hydrogens is 456 g/mol. The number of hydrogen-bond acceptors (Lipinski definition) is 5. The fraction of sp³-hybridized carbons (Fsp3) is 0.833. The van der Waals surface area contributed by atoms with Crippen molar-refractivity contribution in [3.05, 3.63) is 23.3 Å². The molecule has 0 amide bonds. The van der Waals surface area contributed by atoms with E-state index in [0.717, 1.165) is 18.4 Å². The Hall–Kier alpha value is -1.21. The number of carboxylic acids is 1. The lowest BCUT2D eigenvalue weighted by Crippen LogP contribution is -2.65. The molecule has 2 saturated carbocycles. The molecule has 0 aromatic heterocycles. The average Bonchev–Trinajstić information content (AvgIpc) is 2.75. The second-order valence-corrected chi connectivity index (χ2v) is 14.6. The van der Waals surface area contributed by atoms with Gasteiger partial charge < -0.3 is 25.5 Å². The molecule has 5 N–H and O–H groups in total. The maximum atomic E-state index is 11.9. The molecule has 2 fully saturated rings. The van der Waals surface area contributed by atoms with Crippen LogP contribution in [-0.2, 0) is 4.79 Å². The molecule has 0 radical (unpaired) electrons. The SMILES string of the molecule is CC1(C)CC2=C3C=CC4C(C)(CCC(=O)O)C(C(C)(O)CO)CCC4(C)C3(C)C(O)CC2(C)C(O)C1. The summed E-state index contributed by atoms with van der Waals surface area (Å²) >= 11 is 0. The second-order valence-electron chi connectivity index (χ2n) is 14.6. The number of aliphatic carboxylic acids is 1. The van der Waals surface area contributed by atoms with Crippen LogP contribution in [0.15, 0.2) is 23.3 Å². The van der Waals surface area contributed by atoms with Gasteiger partial charge in [-0.2, -0.15) is 0 Å². The molecule has 36 heavy (non-hydrogen) atoms. The molecule has 0 spiro atoms. The van der Waals surface area contributed by atoms with Gasteiger partial charge in [0.1, 0.15) is 0 Å². The molecular formula is C30H48O6. The predicted molar refractivity (Wildman–Crippen MR) is 139 cm³/mol. The molecule has 4 aliphatic carbocycles. The maximum absolute atomic E-state index is 11.9. The predicted octanol–water partition coefficient (Wildman–Crippen LogP) is 4.46. The summed E-state index contributed by atoms with van der Waals surface area (Å²) in [6.07, 6.45) is 7.03. The van der Waals surface area contributed by atoms with E-state index in [0.29, 0.717) is 25.7 Å². The van der Waals surface area contributed by atoms with Crippen molar-refractivity contribution >= 4 is 5.97 Å². The first-order valence-electron chi connectivity index (χ1n) is 13.7. The van der Waals surface area contributed by atoms with Crippen LogP contribution >= 0.6 is 0 Å². The van der Waals surface area contributed by atoms with Gasteiger partial charge in [0.2, 0.25) is 0 Å². The highest BCUT2D eigenvalue weighted by molar-refractivity contribution is 5.66. The van der Waals surface area contributed by atoms with Gasteiger partial charge in [0.25, 0.3) is 0 Å². The van der Waals surface area contributed by atoms with Crippen LogP contribution in [0.1, 0.15) is 93.4 Å². The summed E-state index contributed by atoms with van der Waals surface area (Å²) in [7, 11) is 0. The van der Waals surface area contributed by atoms with E-state index < -0.39 is 40.0 Å². The standard InChI is InChI=1S/C30H48O6/c1-25(2)14-19-18-8-9-20-26(3,12-11-24(34)35)21(29(6,36)17-31)10-13-28(20,5)30(18,7)23(33)16-27(19,4)22(32)15-25/h8-9,20-23,31-33,36H,10-17H2,1-7H3,(H,34,35). The molecule has 0 aromatic carbocycles. The first kappa shape index (κ1) is 27.8. The highest BCUT2D eigenvalue weighted by Gasteiger charge is 2.68. The summed E-state index contributed by atoms with van der Waals surface area (Å²) in [6.45, 7) is 14.3. The van der Waals surface area contributed by atoms with E-state index >= 15 is 0 Å². The Morgan fingerprint density at radius 3 is 2.31 bits per heavy atom. The van der Waals surface area contributed by atoms with E-state index in [1.165, 1.54) is 5.57 Å². The molecule has 9 atom stereocenters. The van der Waals surface area contributed by atoms with Crippen molar-refractivity contribution in [3.8, 4) is 0 Å². The molecule has 0 saturated heterocycles. The molecule has 204 valence electrons. The lowest BCUT2D eigenvalue weighted by Gasteiger charge is -2.68. The quantitative estimate of drug-likeness (QED) is 0.377. The number of carbonyl (C=O) groups is 1. The van der Waals surface area contributed by atoms with E-state index in [1.54, 1.807) is 6.92 Å². The van der Waals surface area contributed by atoms with Gasteiger partial charge in [0.15, 0.2) is 0 Å². The van der Waals surface area contributed by atoms with Crippen LogP contribution in [0.25, 0.3) is 0 Å². The Labute approximate surface area is 216 Å². The number of aliphatic hydroxyl groups excluding tert-OH is 3. The monoisotopic (exact) mass is 504 g/mol. The lowest BCUT2D eigenvalue weighted by molar-refractivity contribution is -0.194. The van der Waals surface area contributed by atoms with Gasteiger partial charge in [-0.05, 0) is 79.1 Å². The van der Waals surface area contributed by atoms with Crippen molar-refractivity contribution in [3.63, 3.8) is 0 Å². The van der Waals surface area contributed by atoms with Crippen molar-refractivity contribution in [1.29, 1.82) is 0 Å². The van der Waals surface area contributed by atoms with Gasteiger partial charge in [-0.25, -0.2) is 0 Å². The molecule has 0 heterocycles. The van der Waals surface area contributed by atoms with Crippen molar-refractivity contribution in [1.82, 2.24) is 0 Å². The summed E-state index contributed by atoms with van der Waals surface area (Å²) in [6, 6.07) is 0. The number of aliphatic hydroxyl groups is 4. The molecule has 0 aliphatic heterocycles. The van der Waals surface area contributed by atoms with Crippen LogP contribution in [0.3, 0.4) is 0 Å². The molecule has 4 rings (SSSR count). The smallest absolute Gasteiger partial charge is 0.303 e. The molecule has 9 unspecified atom stereocenters. The van der Waals surface area contributed by atoms with Crippen molar-refractivity contribution in [2.75, 3.05) is 6.61 Å². The third-order valence-electron chi connectivity index (χ3n) is 11.7. The summed E-state index contributed by atoms with van der Waals surface area (Å²) in [4.78, 5) is 11.7. The summed E-state index contributed by atoms with van der Waals surface area (Å²) in [5.74, 6) is -1.24. The normalized spacial score (nSPS) is 47.4. The highest BCUT2D eigenvalue weighted by Crippen LogP contribution is 2.72. The summed E-state index contributed by atoms with van der Waals surface area (Å²) in [5.41, 5.74) is -0.982. The summed E-state index contributed by atoms with van der Waals surface area (Å²) in [5, 5.41) is 54.1. The zero-order chi connectivity index (χ0) is 27.1. The molecule has 6 heteroatoms. The van der Waals surface area contributed by atoms with Gasteiger partial charge in [-0.15, -0.1) is 0 Å². The van der Waals surface area contributed by atoms with Gasteiger partial charge >= 0.3 is 5.97 Å². The fourth-order valence-electron chi connectivity index (χ4n) is 9.34. The van der Waals surface area contributed by atoms with Crippen LogP contribution in [0.4, 0.5) is 0 Å². The molecule has 0 bridgehead atoms. The van der Waals surface area contributed by atoms with Crippen molar-refractivity contribution < 1.29 is 30.3 Å². The van der Waals surface area contributed by atoms with E-state index in [4.69, 9.17) is 0 Å². The number of carboxylic acid groups (broad SMARTS) is 1. The molecule has 0 aromatic rings. The van der Waals surface area contributed by atoms with Gasteiger partial charge in [-0.3, -0.25) is 4.79 Å². The number of rotatable bonds is 5. The number of allylic oxidation sites excluding steroid dienone is 2. The third-order valence-corrected chi connectivity index (χ3v) is 11.7. The number of fused-ring (bicyclic) bond motifs is 4. The zero-order valence-electron chi connectivity index (χ0n) is 23.3. The second kappa shape index (κ2) is 8.39. The Morgan fingerprint density at radius 1 is 1.08 bits per heavy atom. The first-order valence-corrected chi connectivity index (χ1v) is 13.7. The van der Waals surface area contributed by atoms with Crippen LogP contribution in [0.5, 0.6) is 0 Å². The fourth-order valence-corrected chi connectivity index (χ4v) is 9.34. The van der Waals surface area contributed by atoms with E-state index in [1.807, 2.05) is 0 Å². The Bertz CT molecular complexity index is 980. The van der Waals surface area contributed by atoms with E-state index in [2.05, 4.69) is 53.7 Å². The minimum atomic E-state index is -1.33. The van der Waals surface area contributed by atoms with Crippen LogP contribution in [0, 0.1) is 38.9 Å². The lowest BCUT2D eigenvalue weighted by atomic mass is 9.36. The van der Waals surface area contributed by atoms with Crippen LogP contribution in [-0.4, -0.2) is 55.9 Å². The first-order chi connectivity index (χ1) is 16.4. The summed E-state index contributed by atoms with van der Waals surface area (Å²) < 4.78 is 0. The minimum Gasteiger partial charge on any atom is -0.481 e. The van der Waals surface area contributed by atoms with Crippen molar-refractivity contribution in [2.45, 2.75) is 111 Å². The van der Waals surface area contributed by atoms with E-state index in [9.17, 15) is 30.3 Å². The Morgan fingerprint density at radius 2 is 1.72 bits per heavy atom. The van der Waals surface area contributed by atoms with Crippen molar-refractivity contribution in [2.24, 2.45) is 38.9 Å². The van der Waals surface area contributed by atoms with Gasteiger partial charge in [-0.1, -0.05) is 59.3 Å². The van der Waals surface area contributed by atoms with Crippen LogP contribution in [0.2, 0.25) is 0 Å². The van der Waals surface area contributed by atoms with Gasteiger partial charge in [0.05, 0.1) is 24.4 Å². The Kier molecular flexibility index (Phi) is 6.49. The Balaban J connectivity index is 1.93. The average molecular weight is 505 g/mol.